The number of carbonyl (C=O) groups is 4. The van der Waals surface area contributed by atoms with Crippen LogP contribution in [0.3, 0.4) is 0 Å². The van der Waals surface area contributed by atoms with Crippen LogP contribution in [0.4, 0.5) is 0 Å². The number of nitrogens with one attached hydrogen (secondary N) is 1. The van der Waals surface area contributed by atoms with Crippen molar-refractivity contribution in [2.45, 2.75) is 13.3 Å². The molecule has 2 rings (SSSR count). The van der Waals surface area contributed by atoms with Gasteiger partial charge in [-0.2, -0.15) is 0 Å². The summed E-state index contributed by atoms with van der Waals surface area (Å²) >= 11 is 0. The lowest BCUT2D eigenvalue weighted by Crippen LogP contribution is -2.22. The molecule has 1 N–H and O–H groups in total. The van der Waals surface area contributed by atoms with E-state index in [1.807, 2.05) is 0 Å². The summed E-state index contributed by atoms with van der Waals surface area (Å²) in [5.74, 6) is -1.02. The first-order valence-corrected chi connectivity index (χ1v) is 8.08. The highest BCUT2D eigenvalue weighted by atomic mass is 16.5. The summed E-state index contributed by atoms with van der Waals surface area (Å²) in [6.07, 6.45) is 1.35. The minimum Gasteiger partial charge on any atom is -0.454 e. The summed E-state index contributed by atoms with van der Waals surface area (Å²) in [4.78, 5) is 45.4. The van der Waals surface area contributed by atoms with E-state index in [0.717, 1.165) is 5.56 Å². The van der Waals surface area contributed by atoms with Gasteiger partial charge in [0.15, 0.2) is 12.4 Å². The van der Waals surface area contributed by atoms with Crippen LogP contribution in [0.15, 0.2) is 48.5 Å². The average Bonchev–Trinajstić information content (AvgIpc) is 2.66. The van der Waals surface area contributed by atoms with Gasteiger partial charge in [-0.25, -0.2) is 4.79 Å². The molecule has 26 heavy (non-hydrogen) atoms. The molecule has 0 spiro atoms. The number of hydrogen-bond acceptors (Lipinski definition) is 5. The molecule has 6 nitrogen and oxygen atoms in total. The number of ether oxygens (including phenoxy) is 1. The minimum atomic E-state index is -0.622. The zero-order valence-corrected chi connectivity index (χ0v) is 14.4. The number of hydrogen-bond donors (Lipinski definition) is 1. The van der Waals surface area contributed by atoms with Crippen LogP contribution in [0, 0.1) is 0 Å². The molecule has 6 heteroatoms. The Balaban J connectivity index is 1.85. The van der Waals surface area contributed by atoms with Gasteiger partial charge >= 0.3 is 5.97 Å². The first kappa shape index (κ1) is 19.1. The van der Waals surface area contributed by atoms with Gasteiger partial charge in [0.05, 0.1) is 5.56 Å². The van der Waals surface area contributed by atoms with E-state index >= 15 is 0 Å². The van der Waals surface area contributed by atoms with E-state index in [0.29, 0.717) is 30.4 Å². The first-order valence-electron chi connectivity index (χ1n) is 8.08. The monoisotopic (exact) mass is 353 g/mol. The van der Waals surface area contributed by atoms with Crippen LogP contribution in [-0.2, 0) is 16.0 Å². The van der Waals surface area contributed by atoms with Crippen LogP contribution in [0.5, 0.6) is 0 Å². The summed E-state index contributed by atoms with van der Waals surface area (Å²) in [6, 6.07) is 12.9. The molecular weight excluding hydrogens is 334 g/mol. The molecule has 2 aromatic carbocycles. The lowest BCUT2D eigenvalue weighted by Gasteiger charge is -2.06. The van der Waals surface area contributed by atoms with E-state index in [1.165, 1.54) is 31.2 Å². The fourth-order valence-corrected chi connectivity index (χ4v) is 2.24. The fraction of sp³-hybridized carbons (Fsp3) is 0.200. The standard InChI is InChI=1S/C20H19NO5/c1-14(23)21-11-10-15-2-6-17(7-3-15)19(24)13-26-20(25)18-8-4-16(12-22)5-9-18/h2-9,12H,10-11,13H2,1H3,(H,21,23). The van der Waals surface area contributed by atoms with Crippen LogP contribution in [0.25, 0.3) is 0 Å². The second kappa shape index (κ2) is 9.27. The van der Waals surface area contributed by atoms with Crippen LogP contribution in [0.2, 0.25) is 0 Å². The van der Waals surface area contributed by atoms with Gasteiger partial charge in [0, 0.05) is 24.6 Å². The Morgan fingerprint density at radius 2 is 1.58 bits per heavy atom. The number of Topliss-reactive ketones (excluding diaryl/α,β-unsaturated/α-hetero) is 1. The molecule has 0 aliphatic carbocycles. The van der Waals surface area contributed by atoms with Crippen molar-refractivity contribution >= 4 is 23.9 Å². The number of aldehydes is 1. The van der Waals surface area contributed by atoms with Crippen molar-refractivity contribution in [2.24, 2.45) is 0 Å². The summed E-state index contributed by atoms with van der Waals surface area (Å²) in [7, 11) is 0. The van der Waals surface area contributed by atoms with Gasteiger partial charge in [-0.15, -0.1) is 0 Å². The molecule has 0 saturated heterocycles. The molecule has 0 saturated carbocycles. The van der Waals surface area contributed by atoms with Crippen molar-refractivity contribution in [1.29, 1.82) is 0 Å². The Kier molecular flexibility index (Phi) is 6.79. The van der Waals surface area contributed by atoms with E-state index in [9.17, 15) is 19.2 Å². The molecule has 0 heterocycles. The number of esters is 1. The van der Waals surface area contributed by atoms with E-state index in [4.69, 9.17) is 4.74 Å². The maximum atomic E-state index is 12.1. The zero-order chi connectivity index (χ0) is 18.9. The van der Waals surface area contributed by atoms with Gasteiger partial charge < -0.3 is 10.1 Å². The topological polar surface area (TPSA) is 89.5 Å². The number of rotatable bonds is 8. The largest absolute Gasteiger partial charge is 0.454 e. The van der Waals surface area contributed by atoms with E-state index in [-0.39, 0.29) is 23.9 Å². The highest BCUT2D eigenvalue weighted by Gasteiger charge is 2.12. The van der Waals surface area contributed by atoms with Gasteiger partial charge in [0.1, 0.15) is 6.29 Å². The molecule has 134 valence electrons. The molecule has 0 aliphatic rings. The molecule has 0 bridgehead atoms. The van der Waals surface area contributed by atoms with Gasteiger partial charge in [-0.05, 0) is 24.1 Å². The fourth-order valence-electron chi connectivity index (χ4n) is 2.24. The predicted octanol–water partition coefficient (Wildman–Crippen LogP) is 2.22. The van der Waals surface area contributed by atoms with Crippen molar-refractivity contribution in [3.05, 3.63) is 70.8 Å². The average molecular weight is 353 g/mol. The highest BCUT2D eigenvalue weighted by Crippen LogP contribution is 2.08. The maximum Gasteiger partial charge on any atom is 0.338 e. The van der Waals surface area contributed by atoms with Gasteiger partial charge in [0.2, 0.25) is 5.91 Å². The molecule has 0 radical (unpaired) electrons. The second-order valence-corrected chi connectivity index (χ2v) is 5.67. The Labute approximate surface area is 151 Å². The Morgan fingerprint density at radius 3 is 2.15 bits per heavy atom. The van der Waals surface area contributed by atoms with Crippen molar-refractivity contribution in [1.82, 2.24) is 5.32 Å². The second-order valence-electron chi connectivity index (χ2n) is 5.67. The number of benzene rings is 2. The molecule has 0 fully saturated rings. The number of ketones is 1. The maximum absolute atomic E-state index is 12.1. The predicted molar refractivity (Wildman–Crippen MR) is 95.3 cm³/mol. The third-order valence-electron chi connectivity index (χ3n) is 3.68. The van der Waals surface area contributed by atoms with E-state index in [1.54, 1.807) is 24.3 Å². The summed E-state index contributed by atoms with van der Waals surface area (Å²) < 4.78 is 5.01. The lowest BCUT2D eigenvalue weighted by atomic mass is 10.1. The van der Waals surface area contributed by atoms with Crippen LogP contribution in [0.1, 0.15) is 43.6 Å². The Hall–Kier alpha value is -3.28. The molecular formula is C20H19NO5. The minimum absolute atomic E-state index is 0.0839. The molecule has 2 aromatic rings. The van der Waals surface area contributed by atoms with Crippen molar-refractivity contribution in [2.75, 3.05) is 13.2 Å². The van der Waals surface area contributed by atoms with Gasteiger partial charge in [-0.1, -0.05) is 36.4 Å². The molecule has 0 aliphatic heterocycles. The summed E-state index contributed by atoms with van der Waals surface area (Å²) in [5, 5.41) is 2.70. The lowest BCUT2D eigenvalue weighted by molar-refractivity contribution is -0.118. The third-order valence-corrected chi connectivity index (χ3v) is 3.68. The quantitative estimate of drug-likeness (QED) is 0.446. The molecule has 0 atom stereocenters. The smallest absolute Gasteiger partial charge is 0.338 e. The first-order chi connectivity index (χ1) is 12.5. The Morgan fingerprint density at radius 1 is 0.962 bits per heavy atom. The van der Waals surface area contributed by atoms with Crippen molar-refractivity contribution in [3.63, 3.8) is 0 Å². The molecule has 1 amide bonds. The number of carbonyl (C=O) groups excluding carboxylic acids is 4. The Bertz CT molecular complexity index is 794. The van der Waals surface area contributed by atoms with Crippen LogP contribution in [-0.4, -0.2) is 37.1 Å². The van der Waals surface area contributed by atoms with Crippen LogP contribution < -0.4 is 5.32 Å². The normalized spacial score (nSPS) is 10.0. The molecule has 0 unspecified atom stereocenters. The van der Waals surface area contributed by atoms with Crippen LogP contribution >= 0.6 is 0 Å². The highest BCUT2D eigenvalue weighted by molar-refractivity contribution is 5.99. The number of amides is 1. The SMILES string of the molecule is CC(=O)NCCc1ccc(C(=O)COC(=O)c2ccc(C=O)cc2)cc1. The van der Waals surface area contributed by atoms with Crippen molar-refractivity contribution in [3.8, 4) is 0 Å². The molecule has 0 aromatic heterocycles. The summed E-state index contributed by atoms with van der Waals surface area (Å²) in [6.45, 7) is 1.63. The third kappa shape index (κ3) is 5.66. The van der Waals surface area contributed by atoms with E-state index in [2.05, 4.69) is 5.32 Å². The summed E-state index contributed by atoms with van der Waals surface area (Å²) in [5.41, 5.74) is 2.16. The zero-order valence-electron chi connectivity index (χ0n) is 14.4. The van der Waals surface area contributed by atoms with E-state index < -0.39 is 5.97 Å². The van der Waals surface area contributed by atoms with Crippen molar-refractivity contribution < 1.29 is 23.9 Å². The van der Waals surface area contributed by atoms with Gasteiger partial charge in [-0.3, -0.25) is 14.4 Å². The van der Waals surface area contributed by atoms with Gasteiger partial charge in [0.25, 0.3) is 0 Å².